The van der Waals surface area contributed by atoms with Gasteiger partial charge in [-0.05, 0) is 41.3 Å². The number of nitrogens with zero attached hydrogens (tertiary/aromatic N) is 2. The van der Waals surface area contributed by atoms with Gasteiger partial charge in [0.15, 0.2) is 0 Å². The van der Waals surface area contributed by atoms with Crippen LogP contribution in [0.5, 0.6) is 0 Å². The molecule has 9 heteroatoms. The Kier molecular flexibility index (Phi) is 7.40. The van der Waals surface area contributed by atoms with E-state index in [9.17, 15) is 9.59 Å². The van der Waals surface area contributed by atoms with Crippen molar-refractivity contribution in [3.8, 4) is 9.88 Å². The zero-order valence-corrected chi connectivity index (χ0v) is 18.4. The minimum absolute atomic E-state index is 0.0783. The van der Waals surface area contributed by atoms with E-state index in [0.717, 1.165) is 53.3 Å². The molecule has 1 aliphatic heterocycles. The fourth-order valence-corrected chi connectivity index (χ4v) is 5.24. The van der Waals surface area contributed by atoms with Crippen molar-refractivity contribution in [2.24, 2.45) is 0 Å². The summed E-state index contributed by atoms with van der Waals surface area (Å²) in [6.07, 6.45) is 2.64. The first kappa shape index (κ1) is 20.4. The van der Waals surface area contributed by atoms with Crippen LogP contribution in [0.1, 0.15) is 36.7 Å². The highest BCUT2D eigenvalue weighted by Gasteiger charge is 2.23. The van der Waals surface area contributed by atoms with Gasteiger partial charge in [-0.25, -0.2) is 4.98 Å². The van der Waals surface area contributed by atoms with Crippen LogP contribution < -0.4 is 10.6 Å². The molecule has 146 valence electrons. The van der Waals surface area contributed by atoms with Crippen molar-refractivity contribution in [1.29, 1.82) is 0 Å². The van der Waals surface area contributed by atoms with Crippen molar-refractivity contribution < 1.29 is 9.59 Å². The van der Waals surface area contributed by atoms with Gasteiger partial charge in [0.1, 0.15) is 10.7 Å². The maximum atomic E-state index is 12.5. The maximum absolute atomic E-state index is 12.5. The average Bonchev–Trinajstić information content (AvgIpc) is 3.30. The van der Waals surface area contributed by atoms with E-state index in [-0.39, 0.29) is 17.9 Å². The summed E-state index contributed by atoms with van der Waals surface area (Å²) in [4.78, 5) is 32.0. The average molecular weight is 471 g/mol. The number of hydrogen-bond acceptors (Lipinski definition) is 6. The van der Waals surface area contributed by atoms with E-state index < -0.39 is 0 Å². The molecule has 3 heterocycles. The monoisotopic (exact) mass is 470 g/mol. The zero-order valence-electron chi connectivity index (χ0n) is 15.2. The van der Waals surface area contributed by atoms with Gasteiger partial charge in [0.05, 0.1) is 11.4 Å². The van der Waals surface area contributed by atoms with Gasteiger partial charge in [0, 0.05) is 40.9 Å². The Morgan fingerprint density at radius 1 is 1.30 bits per heavy atom. The molecule has 0 radical (unpaired) electrons. The molecule has 2 amide bonds. The van der Waals surface area contributed by atoms with Crippen molar-refractivity contribution in [2.45, 2.75) is 32.2 Å². The molecular formula is C18H23BrN4O2S2. The van der Waals surface area contributed by atoms with E-state index in [4.69, 9.17) is 0 Å². The molecule has 0 aromatic carbocycles. The number of hydrogen-bond donors (Lipinski definition) is 2. The van der Waals surface area contributed by atoms with Crippen LogP contribution in [0.2, 0.25) is 0 Å². The first-order chi connectivity index (χ1) is 13.0. The number of carbonyl (C=O) groups excluding carboxylic acids is 2. The van der Waals surface area contributed by atoms with Crippen molar-refractivity contribution in [3.05, 3.63) is 27.0 Å². The second-order valence-corrected chi connectivity index (χ2v) is 9.23. The molecule has 1 fully saturated rings. The smallest absolute Gasteiger partial charge is 0.270 e. The van der Waals surface area contributed by atoms with Crippen molar-refractivity contribution >= 4 is 50.4 Å². The molecule has 0 unspecified atom stereocenters. The predicted molar refractivity (Wildman–Crippen MR) is 113 cm³/mol. The summed E-state index contributed by atoms with van der Waals surface area (Å²) in [5, 5.41) is 10.7. The molecule has 2 aromatic rings. The van der Waals surface area contributed by atoms with Crippen LogP contribution in [-0.4, -0.2) is 53.9 Å². The number of likely N-dealkylation sites (tertiary alicyclic amines) is 1. The summed E-state index contributed by atoms with van der Waals surface area (Å²) < 4.78 is 1.03. The van der Waals surface area contributed by atoms with E-state index in [1.165, 1.54) is 11.3 Å². The Hall–Kier alpha value is -1.29. The van der Waals surface area contributed by atoms with Crippen molar-refractivity contribution in [3.63, 3.8) is 0 Å². The van der Waals surface area contributed by atoms with Crippen LogP contribution in [0.25, 0.3) is 9.88 Å². The van der Waals surface area contributed by atoms with E-state index in [1.54, 1.807) is 11.3 Å². The Labute approximate surface area is 175 Å². The molecule has 0 spiro atoms. The van der Waals surface area contributed by atoms with E-state index in [1.807, 2.05) is 23.8 Å². The fourth-order valence-electron chi connectivity index (χ4n) is 2.93. The van der Waals surface area contributed by atoms with Crippen LogP contribution in [0.15, 0.2) is 21.3 Å². The molecule has 0 atom stereocenters. The predicted octanol–water partition coefficient (Wildman–Crippen LogP) is 3.35. The Balaban J connectivity index is 1.46. The molecule has 0 saturated carbocycles. The highest BCUT2D eigenvalue weighted by molar-refractivity contribution is 9.10. The zero-order chi connectivity index (χ0) is 19.2. The fraction of sp³-hybridized carbons (Fsp3) is 0.500. The number of amides is 2. The lowest BCUT2D eigenvalue weighted by molar-refractivity contribution is -0.122. The van der Waals surface area contributed by atoms with E-state index >= 15 is 0 Å². The molecule has 0 aliphatic carbocycles. The van der Waals surface area contributed by atoms with Crippen LogP contribution in [-0.2, 0) is 4.79 Å². The normalized spacial score (nSPS) is 15.6. The molecule has 6 nitrogen and oxygen atoms in total. The minimum atomic E-state index is -0.118. The maximum Gasteiger partial charge on any atom is 0.270 e. The first-order valence-corrected chi connectivity index (χ1v) is 11.6. The second kappa shape index (κ2) is 9.77. The number of carbonyl (C=O) groups is 2. The van der Waals surface area contributed by atoms with Gasteiger partial charge in [-0.1, -0.05) is 6.92 Å². The third-order valence-electron chi connectivity index (χ3n) is 4.38. The molecular weight excluding hydrogens is 448 g/mol. The molecule has 2 N–H and O–H groups in total. The Morgan fingerprint density at radius 3 is 2.74 bits per heavy atom. The summed E-state index contributed by atoms with van der Waals surface area (Å²) in [5.41, 5.74) is 0.473. The van der Waals surface area contributed by atoms with Crippen molar-refractivity contribution in [2.75, 3.05) is 26.2 Å². The molecule has 3 rings (SSSR count). The standard InChI is InChI=1S/C18H23BrN4O2S2/c1-2-5-20-16(24)9-23-6-3-13(4-7-23)21-17(25)14-11-27-18(22-14)15-8-12(19)10-26-15/h8,10-11,13H,2-7,9H2,1H3,(H,20,24)(H,21,25). The van der Waals surface area contributed by atoms with E-state index in [2.05, 4.69) is 36.4 Å². The number of nitrogens with one attached hydrogen (secondary N) is 2. The van der Waals surface area contributed by atoms with Crippen molar-refractivity contribution in [1.82, 2.24) is 20.5 Å². The lowest BCUT2D eigenvalue weighted by Crippen LogP contribution is -2.47. The quantitative estimate of drug-likeness (QED) is 0.650. The first-order valence-electron chi connectivity index (χ1n) is 9.05. The lowest BCUT2D eigenvalue weighted by atomic mass is 10.0. The van der Waals surface area contributed by atoms with Crippen LogP contribution in [0.4, 0.5) is 0 Å². The molecule has 27 heavy (non-hydrogen) atoms. The molecule has 0 bridgehead atoms. The highest BCUT2D eigenvalue weighted by Crippen LogP contribution is 2.32. The van der Waals surface area contributed by atoms with Gasteiger partial charge >= 0.3 is 0 Å². The summed E-state index contributed by atoms with van der Waals surface area (Å²) in [6, 6.07) is 2.14. The topological polar surface area (TPSA) is 74.3 Å². The number of halogens is 1. The highest BCUT2D eigenvalue weighted by atomic mass is 79.9. The lowest BCUT2D eigenvalue weighted by Gasteiger charge is -2.31. The van der Waals surface area contributed by atoms with Gasteiger partial charge in [-0.15, -0.1) is 22.7 Å². The van der Waals surface area contributed by atoms with Crippen LogP contribution in [0.3, 0.4) is 0 Å². The SMILES string of the molecule is CCCNC(=O)CN1CCC(NC(=O)c2csc(-c3cc(Br)cs3)n2)CC1. The third kappa shape index (κ3) is 5.84. The number of thiophene rings is 1. The Bertz CT molecular complexity index is 784. The molecule has 2 aromatic heterocycles. The van der Waals surface area contributed by atoms with Gasteiger partial charge in [0.25, 0.3) is 5.91 Å². The summed E-state index contributed by atoms with van der Waals surface area (Å²) >= 11 is 6.53. The van der Waals surface area contributed by atoms with Gasteiger partial charge in [-0.3, -0.25) is 14.5 Å². The van der Waals surface area contributed by atoms with E-state index in [0.29, 0.717) is 12.2 Å². The van der Waals surface area contributed by atoms with Crippen LogP contribution in [0, 0.1) is 0 Å². The number of rotatable bonds is 7. The van der Waals surface area contributed by atoms with Gasteiger partial charge in [-0.2, -0.15) is 0 Å². The minimum Gasteiger partial charge on any atom is -0.355 e. The van der Waals surface area contributed by atoms with Gasteiger partial charge < -0.3 is 10.6 Å². The number of thiazole rings is 1. The van der Waals surface area contributed by atoms with Crippen LogP contribution >= 0.6 is 38.6 Å². The summed E-state index contributed by atoms with van der Waals surface area (Å²) in [7, 11) is 0. The largest absolute Gasteiger partial charge is 0.355 e. The number of aromatic nitrogens is 1. The number of piperidine rings is 1. The molecule has 1 aliphatic rings. The summed E-state index contributed by atoms with van der Waals surface area (Å²) in [5.74, 6) is -0.0400. The summed E-state index contributed by atoms with van der Waals surface area (Å²) in [6.45, 7) is 4.83. The molecule has 1 saturated heterocycles. The Morgan fingerprint density at radius 2 is 2.07 bits per heavy atom. The third-order valence-corrected chi connectivity index (χ3v) is 7.08. The second-order valence-electron chi connectivity index (χ2n) is 6.54. The van der Waals surface area contributed by atoms with Gasteiger partial charge in [0.2, 0.25) is 5.91 Å².